The second-order valence-corrected chi connectivity index (χ2v) is 11.0. The van der Waals surface area contributed by atoms with Crippen LogP contribution in [0.3, 0.4) is 0 Å². The first-order chi connectivity index (χ1) is 18.5. The number of carbonyl (C=O) groups excluding carboxylic acids is 2. The summed E-state index contributed by atoms with van der Waals surface area (Å²) in [6.07, 6.45) is 6.30. The largest absolute Gasteiger partial charge is 0.332 e. The van der Waals surface area contributed by atoms with E-state index >= 15 is 0 Å². The van der Waals surface area contributed by atoms with Gasteiger partial charge in [0.15, 0.2) is 5.13 Å². The van der Waals surface area contributed by atoms with E-state index in [1.54, 1.807) is 23.7 Å². The van der Waals surface area contributed by atoms with E-state index in [1.165, 1.54) is 4.88 Å². The van der Waals surface area contributed by atoms with Crippen molar-refractivity contribution in [2.75, 3.05) is 25.5 Å². The van der Waals surface area contributed by atoms with Crippen LogP contribution in [0.25, 0.3) is 11.1 Å². The van der Waals surface area contributed by atoms with Gasteiger partial charge in [0.1, 0.15) is 0 Å². The SMILES string of the molecule is CN1CCc2sc(NC(=O)c3cccc([C@H]4CCCN4C(=O)c4ccc(-c5ccncc5)cc4)c3)nc2C1. The van der Waals surface area contributed by atoms with Gasteiger partial charge in [-0.25, -0.2) is 4.98 Å². The molecule has 2 amide bonds. The molecule has 2 aromatic carbocycles. The van der Waals surface area contributed by atoms with Crippen molar-refractivity contribution in [3.63, 3.8) is 0 Å². The molecule has 0 spiro atoms. The zero-order valence-corrected chi connectivity index (χ0v) is 22.1. The summed E-state index contributed by atoms with van der Waals surface area (Å²) in [5.41, 5.74) is 5.40. The average molecular weight is 524 g/mol. The summed E-state index contributed by atoms with van der Waals surface area (Å²) in [6.45, 7) is 2.52. The fraction of sp³-hybridized carbons (Fsp3) is 0.267. The van der Waals surface area contributed by atoms with Crippen molar-refractivity contribution in [1.82, 2.24) is 19.8 Å². The number of thiazole rings is 1. The lowest BCUT2D eigenvalue weighted by molar-refractivity contribution is 0.0735. The maximum Gasteiger partial charge on any atom is 0.257 e. The van der Waals surface area contributed by atoms with Crippen LogP contribution < -0.4 is 5.32 Å². The molecule has 0 unspecified atom stereocenters. The number of likely N-dealkylation sites (tertiary alicyclic amines) is 1. The molecule has 2 aliphatic rings. The maximum atomic E-state index is 13.5. The van der Waals surface area contributed by atoms with Gasteiger partial charge >= 0.3 is 0 Å². The topological polar surface area (TPSA) is 78.4 Å². The zero-order chi connectivity index (χ0) is 26.1. The Labute approximate surface area is 226 Å². The minimum Gasteiger partial charge on any atom is -0.332 e. The molecule has 1 N–H and O–H groups in total. The van der Waals surface area contributed by atoms with Crippen LogP contribution in [0.4, 0.5) is 5.13 Å². The Bertz CT molecular complexity index is 1470. The third-order valence-corrected chi connectivity index (χ3v) is 8.40. The zero-order valence-electron chi connectivity index (χ0n) is 21.3. The molecular formula is C30H29N5O2S. The molecule has 0 bridgehead atoms. The maximum absolute atomic E-state index is 13.5. The fourth-order valence-electron chi connectivity index (χ4n) is 5.31. The highest BCUT2D eigenvalue weighted by Crippen LogP contribution is 2.34. The van der Waals surface area contributed by atoms with Crippen molar-refractivity contribution in [3.8, 4) is 11.1 Å². The number of anilines is 1. The molecule has 192 valence electrons. The number of likely N-dealkylation sites (N-methyl/N-ethyl adjacent to an activating group) is 1. The number of hydrogen-bond acceptors (Lipinski definition) is 6. The number of benzene rings is 2. The van der Waals surface area contributed by atoms with Gasteiger partial charge in [0, 0.05) is 48.0 Å². The number of hydrogen-bond donors (Lipinski definition) is 1. The first-order valence-electron chi connectivity index (χ1n) is 12.9. The molecule has 0 saturated carbocycles. The van der Waals surface area contributed by atoms with Gasteiger partial charge in [0.2, 0.25) is 0 Å². The highest BCUT2D eigenvalue weighted by Gasteiger charge is 2.31. The molecule has 4 aromatic rings. The summed E-state index contributed by atoms with van der Waals surface area (Å²) < 4.78 is 0. The number of rotatable bonds is 5. The van der Waals surface area contributed by atoms with Gasteiger partial charge in [-0.3, -0.25) is 19.9 Å². The van der Waals surface area contributed by atoms with E-state index in [4.69, 9.17) is 0 Å². The lowest BCUT2D eigenvalue weighted by Gasteiger charge is -2.25. The van der Waals surface area contributed by atoms with Gasteiger partial charge in [-0.05, 0) is 79.4 Å². The van der Waals surface area contributed by atoms with Crippen LogP contribution in [0.1, 0.15) is 55.7 Å². The van der Waals surface area contributed by atoms with E-state index in [-0.39, 0.29) is 17.9 Å². The van der Waals surface area contributed by atoms with Crippen LogP contribution in [0, 0.1) is 0 Å². The van der Waals surface area contributed by atoms with E-state index < -0.39 is 0 Å². The first-order valence-corrected chi connectivity index (χ1v) is 13.8. The molecular weight excluding hydrogens is 494 g/mol. The van der Waals surface area contributed by atoms with Crippen molar-refractivity contribution >= 4 is 28.3 Å². The molecule has 0 aliphatic carbocycles. The van der Waals surface area contributed by atoms with E-state index in [0.29, 0.717) is 22.8 Å². The number of nitrogens with one attached hydrogen (secondary N) is 1. The lowest BCUT2D eigenvalue weighted by Crippen LogP contribution is -2.30. The summed E-state index contributed by atoms with van der Waals surface area (Å²) in [4.78, 5) is 40.7. The van der Waals surface area contributed by atoms with Crippen LogP contribution >= 0.6 is 11.3 Å². The van der Waals surface area contributed by atoms with Crippen molar-refractivity contribution in [3.05, 3.63) is 100 Å². The van der Waals surface area contributed by atoms with Gasteiger partial charge in [0.25, 0.3) is 11.8 Å². The highest BCUT2D eigenvalue weighted by molar-refractivity contribution is 7.15. The summed E-state index contributed by atoms with van der Waals surface area (Å²) in [5, 5.41) is 3.64. The Hall–Kier alpha value is -3.88. The van der Waals surface area contributed by atoms with Crippen LogP contribution in [0.15, 0.2) is 73.1 Å². The number of fused-ring (bicyclic) bond motifs is 1. The Kier molecular flexibility index (Phi) is 6.74. The Balaban J connectivity index is 1.17. The third kappa shape index (κ3) is 4.97. The summed E-state index contributed by atoms with van der Waals surface area (Å²) in [7, 11) is 2.08. The summed E-state index contributed by atoms with van der Waals surface area (Å²) in [5.74, 6) is -0.157. The number of nitrogens with zero attached hydrogens (tertiary/aromatic N) is 4. The number of amides is 2. The molecule has 1 saturated heterocycles. The van der Waals surface area contributed by atoms with Crippen LogP contribution in [0.2, 0.25) is 0 Å². The Morgan fingerprint density at radius 2 is 1.76 bits per heavy atom. The molecule has 6 rings (SSSR count). The predicted octanol–water partition coefficient (Wildman–Crippen LogP) is 5.42. The highest BCUT2D eigenvalue weighted by atomic mass is 32.1. The first kappa shape index (κ1) is 24.5. The lowest BCUT2D eigenvalue weighted by atomic mass is 10.0. The van der Waals surface area contributed by atoms with Gasteiger partial charge < -0.3 is 9.80 Å². The number of pyridine rings is 1. The summed E-state index contributed by atoms with van der Waals surface area (Å²) in [6, 6.07) is 19.2. The van der Waals surface area contributed by atoms with Gasteiger partial charge in [-0.2, -0.15) is 0 Å². The Morgan fingerprint density at radius 1 is 0.974 bits per heavy atom. The molecule has 7 nitrogen and oxygen atoms in total. The van der Waals surface area contributed by atoms with Crippen LogP contribution in [0.5, 0.6) is 0 Å². The van der Waals surface area contributed by atoms with E-state index in [1.807, 2.05) is 65.6 Å². The van der Waals surface area contributed by atoms with Crippen LogP contribution in [-0.4, -0.2) is 51.7 Å². The van der Waals surface area contributed by atoms with Gasteiger partial charge in [-0.15, -0.1) is 11.3 Å². The minimum atomic E-state index is -0.172. The normalized spacial score (nSPS) is 17.3. The van der Waals surface area contributed by atoms with Crippen molar-refractivity contribution in [2.24, 2.45) is 0 Å². The Morgan fingerprint density at radius 3 is 2.58 bits per heavy atom. The van der Waals surface area contributed by atoms with E-state index in [2.05, 4.69) is 27.2 Å². The quantitative estimate of drug-likeness (QED) is 0.378. The number of carbonyl (C=O) groups is 2. The molecule has 8 heteroatoms. The standard InChI is InChI=1S/C30H29N5O2S/c1-34-17-13-27-25(19-34)32-30(38-27)33-28(36)24-5-2-4-23(18-24)26-6-3-16-35(26)29(37)22-9-7-20(8-10-22)21-11-14-31-15-12-21/h2,4-5,7-12,14-15,18,26H,3,6,13,16-17,19H2,1H3,(H,32,33,36)/t26-/m1/s1. The number of aromatic nitrogens is 2. The second-order valence-electron chi connectivity index (χ2n) is 9.93. The van der Waals surface area contributed by atoms with Crippen LogP contribution in [-0.2, 0) is 13.0 Å². The second kappa shape index (κ2) is 10.5. The molecule has 2 aliphatic heterocycles. The van der Waals surface area contributed by atoms with Crippen molar-refractivity contribution in [1.29, 1.82) is 0 Å². The monoisotopic (exact) mass is 523 g/mol. The molecule has 0 radical (unpaired) electrons. The molecule has 4 heterocycles. The molecule has 2 aromatic heterocycles. The summed E-state index contributed by atoms with van der Waals surface area (Å²) >= 11 is 1.57. The van der Waals surface area contributed by atoms with Crippen molar-refractivity contribution in [2.45, 2.75) is 31.8 Å². The molecule has 1 atom stereocenters. The average Bonchev–Trinajstić information content (AvgIpc) is 3.60. The predicted molar refractivity (Wildman–Crippen MR) is 149 cm³/mol. The fourth-order valence-corrected chi connectivity index (χ4v) is 6.27. The van der Waals surface area contributed by atoms with Gasteiger partial charge in [-0.1, -0.05) is 24.3 Å². The third-order valence-electron chi connectivity index (χ3n) is 7.33. The smallest absolute Gasteiger partial charge is 0.257 e. The van der Waals surface area contributed by atoms with Gasteiger partial charge in [0.05, 0.1) is 11.7 Å². The minimum absolute atomic E-state index is 0.0157. The van der Waals surface area contributed by atoms with E-state index in [0.717, 1.165) is 54.7 Å². The molecule has 1 fully saturated rings. The molecule has 38 heavy (non-hydrogen) atoms. The van der Waals surface area contributed by atoms with E-state index in [9.17, 15) is 9.59 Å². The van der Waals surface area contributed by atoms with Crippen molar-refractivity contribution < 1.29 is 9.59 Å².